The highest BCUT2D eigenvalue weighted by Gasteiger charge is 2.27. The zero-order chi connectivity index (χ0) is 34.6. The van der Waals surface area contributed by atoms with Crippen molar-refractivity contribution in [2.45, 2.75) is 32.1 Å². The van der Waals surface area contributed by atoms with Crippen LogP contribution >= 0.6 is 0 Å². The van der Waals surface area contributed by atoms with E-state index in [1.165, 1.54) is 28.6 Å². The van der Waals surface area contributed by atoms with Gasteiger partial charge in [0, 0.05) is 33.1 Å². The number of benzene rings is 6. The molecule has 0 radical (unpaired) electrons. The van der Waals surface area contributed by atoms with Crippen LogP contribution in [-0.4, -0.2) is 9.13 Å². The van der Waals surface area contributed by atoms with Crippen LogP contribution < -0.4 is 0 Å². The summed E-state index contributed by atoms with van der Waals surface area (Å²) in [6.07, 6.45) is 3.41. The van der Waals surface area contributed by atoms with E-state index in [1.807, 2.05) is 48.5 Å². The fraction of sp³-hybridized carbons (Fsp3) is 0.109. The first-order chi connectivity index (χ1) is 25.1. The van der Waals surface area contributed by atoms with Crippen molar-refractivity contribution in [3.63, 3.8) is 0 Å². The number of hydrogen-bond donors (Lipinski definition) is 0. The number of aromatic nitrogens is 2. The Hall–Kier alpha value is -6.87. The maximum atomic E-state index is 9.97. The SMILES string of the molecule is CC1CCCc2c1n(-c1cc(C#N)ccc1-c1ccc(-c3cccc(-n4c5ccc(C#N)cc5c5c(C#N)cccc54)c3)cc1)c1ccccc21. The molecule has 0 N–H and O–H groups in total. The maximum Gasteiger partial charge on any atom is 0.0998 e. The van der Waals surface area contributed by atoms with Gasteiger partial charge < -0.3 is 9.13 Å². The third-order valence-corrected chi connectivity index (χ3v) is 10.6. The lowest BCUT2D eigenvalue weighted by atomic mass is 9.87. The molecule has 0 aliphatic heterocycles. The second kappa shape index (κ2) is 11.9. The summed E-state index contributed by atoms with van der Waals surface area (Å²) in [6.45, 7) is 2.33. The molecular formula is C46H31N5. The Morgan fingerprint density at radius 1 is 0.588 bits per heavy atom. The number of aryl methyl sites for hydroxylation is 1. The minimum absolute atomic E-state index is 0.420. The Morgan fingerprint density at radius 2 is 1.31 bits per heavy atom. The van der Waals surface area contributed by atoms with Gasteiger partial charge in [-0.05, 0) is 108 Å². The summed E-state index contributed by atoms with van der Waals surface area (Å²) in [5, 5.41) is 32.6. The minimum Gasteiger partial charge on any atom is -0.312 e. The summed E-state index contributed by atoms with van der Waals surface area (Å²) >= 11 is 0. The van der Waals surface area contributed by atoms with E-state index in [0.717, 1.165) is 68.3 Å². The fourth-order valence-corrected chi connectivity index (χ4v) is 8.30. The molecule has 240 valence electrons. The standard InChI is InChI=1S/C46H31N5/c1-29-7-4-12-39-38-11-2-3-13-41(38)51(46(29)39)44-24-31(27-48)15-21-37(44)33-19-17-32(18-20-33)34-8-5-10-36(25-34)50-42-22-16-30(26-47)23-40(42)45-35(28-49)9-6-14-43(45)50/h2-3,5-6,8-11,13-25,29H,4,7,12H2,1H3. The summed E-state index contributed by atoms with van der Waals surface area (Å²) in [5.74, 6) is 0.420. The third-order valence-electron chi connectivity index (χ3n) is 10.6. The van der Waals surface area contributed by atoms with Gasteiger partial charge in [0.05, 0.1) is 57.1 Å². The second-order valence-corrected chi connectivity index (χ2v) is 13.5. The maximum absolute atomic E-state index is 9.97. The Morgan fingerprint density at radius 3 is 2.14 bits per heavy atom. The lowest BCUT2D eigenvalue weighted by molar-refractivity contribution is 0.571. The molecule has 51 heavy (non-hydrogen) atoms. The zero-order valence-corrected chi connectivity index (χ0v) is 28.1. The monoisotopic (exact) mass is 653 g/mol. The molecule has 1 aliphatic carbocycles. The number of fused-ring (bicyclic) bond motifs is 6. The molecule has 2 heterocycles. The Balaban J connectivity index is 1.16. The fourth-order valence-electron chi connectivity index (χ4n) is 8.30. The van der Waals surface area contributed by atoms with Crippen LogP contribution in [0.1, 0.15) is 53.6 Å². The molecule has 6 aromatic carbocycles. The molecule has 9 rings (SSSR count). The summed E-state index contributed by atoms with van der Waals surface area (Å²) in [5.41, 5.74) is 14.0. The average molecular weight is 654 g/mol. The molecule has 5 nitrogen and oxygen atoms in total. The topological polar surface area (TPSA) is 81.2 Å². The van der Waals surface area contributed by atoms with E-state index in [-0.39, 0.29) is 0 Å². The largest absolute Gasteiger partial charge is 0.312 e. The molecule has 0 saturated heterocycles. The molecule has 2 aromatic heterocycles. The highest BCUT2D eigenvalue weighted by Crippen LogP contribution is 2.43. The first-order valence-electron chi connectivity index (χ1n) is 17.3. The molecule has 1 aliphatic rings. The van der Waals surface area contributed by atoms with Crippen molar-refractivity contribution in [1.82, 2.24) is 9.13 Å². The number of nitrogens with zero attached hydrogens (tertiary/aromatic N) is 5. The van der Waals surface area contributed by atoms with Gasteiger partial charge in [-0.1, -0.05) is 73.7 Å². The van der Waals surface area contributed by atoms with Crippen LogP contribution in [0.2, 0.25) is 0 Å². The van der Waals surface area contributed by atoms with Crippen molar-refractivity contribution >= 4 is 32.7 Å². The van der Waals surface area contributed by atoms with Crippen LogP contribution in [-0.2, 0) is 6.42 Å². The molecule has 0 fully saturated rings. The molecule has 1 atom stereocenters. The zero-order valence-electron chi connectivity index (χ0n) is 28.1. The summed E-state index contributed by atoms with van der Waals surface area (Å²) in [7, 11) is 0. The van der Waals surface area contributed by atoms with E-state index in [0.29, 0.717) is 22.6 Å². The third kappa shape index (κ3) is 4.74. The summed E-state index contributed by atoms with van der Waals surface area (Å²) in [4.78, 5) is 0. The van der Waals surface area contributed by atoms with E-state index >= 15 is 0 Å². The van der Waals surface area contributed by atoms with E-state index in [4.69, 9.17) is 0 Å². The Labute approximate surface area is 296 Å². The van der Waals surface area contributed by atoms with Gasteiger partial charge in [0.25, 0.3) is 0 Å². The Bertz CT molecular complexity index is 2830. The molecule has 0 spiro atoms. The Kier molecular flexibility index (Phi) is 7.06. The van der Waals surface area contributed by atoms with Crippen molar-refractivity contribution in [1.29, 1.82) is 15.8 Å². The lowest BCUT2D eigenvalue weighted by Gasteiger charge is -2.24. The molecule has 0 saturated carbocycles. The van der Waals surface area contributed by atoms with Crippen molar-refractivity contribution in [2.24, 2.45) is 0 Å². The van der Waals surface area contributed by atoms with E-state index in [1.54, 1.807) is 0 Å². The van der Waals surface area contributed by atoms with E-state index < -0.39 is 0 Å². The van der Waals surface area contributed by atoms with E-state index in [9.17, 15) is 15.8 Å². The number of para-hydroxylation sites is 1. The predicted octanol–water partition coefficient (Wildman–Crippen LogP) is 11.1. The van der Waals surface area contributed by atoms with Crippen LogP contribution in [0, 0.1) is 34.0 Å². The quantitative estimate of drug-likeness (QED) is 0.189. The van der Waals surface area contributed by atoms with Gasteiger partial charge in [-0.2, -0.15) is 15.8 Å². The predicted molar refractivity (Wildman–Crippen MR) is 204 cm³/mol. The van der Waals surface area contributed by atoms with Gasteiger partial charge in [-0.15, -0.1) is 0 Å². The van der Waals surface area contributed by atoms with Gasteiger partial charge in [-0.25, -0.2) is 0 Å². The highest BCUT2D eigenvalue weighted by molar-refractivity contribution is 6.12. The van der Waals surface area contributed by atoms with Crippen LogP contribution in [0.3, 0.4) is 0 Å². The van der Waals surface area contributed by atoms with Gasteiger partial charge in [0.2, 0.25) is 0 Å². The summed E-state index contributed by atoms with van der Waals surface area (Å²) < 4.78 is 4.60. The van der Waals surface area contributed by atoms with Crippen molar-refractivity contribution in [3.8, 4) is 51.8 Å². The van der Waals surface area contributed by atoms with Crippen molar-refractivity contribution < 1.29 is 0 Å². The van der Waals surface area contributed by atoms with Gasteiger partial charge in [0.15, 0.2) is 0 Å². The molecular weight excluding hydrogens is 623 g/mol. The van der Waals surface area contributed by atoms with Crippen LogP contribution in [0.5, 0.6) is 0 Å². The molecule has 5 heteroatoms. The average Bonchev–Trinajstić information content (AvgIpc) is 3.71. The van der Waals surface area contributed by atoms with Gasteiger partial charge in [-0.3, -0.25) is 0 Å². The molecule has 8 aromatic rings. The normalized spacial score (nSPS) is 13.9. The van der Waals surface area contributed by atoms with Crippen molar-refractivity contribution in [3.05, 3.63) is 155 Å². The number of nitriles is 3. The van der Waals surface area contributed by atoms with Crippen LogP contribution in [0.15, 0.2) is 127 Å². The molecule has 0 bridgehead atoms. The first kappa shape index (κ1) is 30.2. The first-order valence-corrected chi connectivity index (χ1v) is 17.3. The smallest absolute Gasteiger partial charge is 0.0998 e. The second-order valence-electron chi connectivity index (χ2n) is 13.5. The number of hydrogen-bond acceptors (Lipinski definition) is 3. The van der Waals surface area contributed by atoms with Crippen LogP contribution in [0.25, 0.3) is 66.3 Å². The van der Waals surface area contributed by atoms with Crippen molar-refractivity contribution in [2.75, 3.05) is 0 Å². The molecule has 0 amide bonds. The number of rotatable bonds is 4. The summed E-state index contributed by atoms with van der Waals surface area (Å²) in [6, 6.07) is 50.3. The highest BCUT2D eigenvalue weighted by atomic mass is 15.0. The van der Waals surface area contributed by atoms with E-state index in [2.05, 4.69) is 113 Å². The van der Waals surface area contributed by atoms with Gasteiger partial charge >= 0.3 is 0 Å². The molecule has 1 unspecified atom stereocenters. The van der Waals surface area contributed by atoms with Crippen LogP contribution in [0.4, 0.5) is 0 Å². The lowest BCUT2D eigenvalue weighted by Crippen LogP contribution is -2.11. The minimum atomic E-state index is 0.420. The van der Waals surface area contributed by atoms with Gasteiger partial charge in [0.1, 0.15) is 0 Å².